The summed E-state index contributed by atoms with van der Waals surface area (Å²) in [6, 6.07) is 8.92. The molecule has 4 nitrogen and oxygen atoms in total. The number of non-ortho nitro benzene ring substituents is 1. The Kier molecular flexibility index (Phi) is 4.90. The topological polar surface area (TPSA) is 52.4 Å². The Morgan fingerprint density at radius 2 is 2.00 bits per heavy atom. The summed E-state index contributed by atoms with van der Waals surface area (Å²) in [7, 11) is 0. The Balaban J connectivity index is 2.19. The van der Waals surface area contributed by atoms with Crippen molar-refractivity contribution >= 4 is 21.6 Å². The van der Waals surface area contributed by atoms with Crippen molar-refractivity contribution in [1.82, 2.24) is 0 Å². The second-order valence-corrected chi connectivity index (χ2v) is 5.10. The summed E-state index contributed by atoms with van der Waals surface area (Å²) in [5, 5.41) is 11.2. The molecule has 0 bridgehead atoms. The Morgan fingerprint density at radius 1 is 1.24 bits per heavy atom. The van der Waals surface area contributed by atoms with Gasteiger partial charge in [0.25, 0.3) is 5.69 Å². The molecule has 0 saturated heterocycles. The highest BCUT2D eigenvalue weighted by atomic mass is 79.9. The van der Waals surface area contributed by atoms with Crippen LogP contribution in [0.1, 0.15) is 16.7 Å². The van der Waals surface area contributed by atoms with Crippen LogP contribution in [-0.4, -0.2) is 4.92 Å². The third-order valence-corrected chi connectivity index (χ3v) is 3.70. The first kappa shape index (κ1) is 15.4. The summed E-state index contributed by atoms with van der Waals surface area (Å²) in [6.45, 7) is 2.08. The van der Waals surface area contributed by atoms with Crippen molar-refractivity contribution in [1.29, 1.82) is 0 Å². The minimum Gasteiger partial charge on any atom is -0.489 e. The van der Waals surface area contributed by atoms with Crippen LogP contribution in [0, 0.1) is 22.9 Å². The Hall–Kier alpha value is -1.95. The summed E-state index contributed by atoms with van der Waals surface area (Å²) in [6.07, 6.45) is 0. The van der Waals surface area contributed by atoms with Gasteiger partial charge in [-0.15, -0.1) is 0 Å². The van der Waals surface area contributed by atoms with Gasteiger partial charge in [-0.25, -0.2) is 4.39 Å². The van der Waals surface area contributed by atoms with Crippen molar-refractivity contribution in [2.24, 2.45) is 0 Å². The third-order valence-electron chi connectivity index (χ3n) is 3.09. The van der Waals surface area contributed by atoms with E-state index in [2.05, 4.69) is 15.9 Å². The van der Waals surface area contributed by atoms with E-state index in [0.29, 0.717) is 16.6 Å². The van der Waals surface area contributed by atoms with Gasteiger partial charge in [0.15, 0.2) is 0 Å². The number of hydrogen-bond acceptors (Lipinski definition) is 3. The molecule has 0 N–H and O–H groups in total. The lowest BCUT2D eigenvalue weighted by Gasteiger charge is -2.11. The molecule has 0 unspecified atom stereocenters. The lowest BCUT2D eigenvalue weighted by atomic mass is 10.1. The number of nitro benzene ring substituents is 1. The van der Waals surface area contributed by atoms with Gasteiger partial charge in [0.05, 0.1) is 4.92 Å². The van der Waals surface area contributed by atoms with E-state index in [4.69, 9.17) is 4.74 Å². The monoisotopic (exact) mass is 353 g/mol. The predicted molar refractivity (Wildman–Crippen MR) is 81.2 cm³/mol. The molecule has 0 aliphatic heterocycles. The van der Waals surface area contributed by atoms with E-state index >= 15 is 0 Å². The molecule has 0 fully saturated rings. The van der Waals surface area contributed by atoms with Crippen LogP contribution in [-0.2, 0) is 11.9 Å². The van der Waals surface area contributed by atoms with E-state index in [0.717, 1.165) is 11.1 Å². The van der Waals surface area contributed by atoms with Gasteiger partial charge in [-0.05, 0) is 36.2 Å². The van der Waals surface area contributed by atoms with Crippen molar-refractivity contribution in [3.63, 3.8) is 0 Å². The molecule has 110 valence electrons. The number of nitrogens with zero attached hydrogens (tertiary/aromatic N) is 1. The molecule has 0 aliphatic carbocycles. The Morgan fingerprint density at radius 3 is 2.67 bits per heavy atom. The van der Waals surface area contributed by atoms with Crippen LogP contribution in [0.15, 0.2) is 36.4 Å². The molecule has 0 saturated carbocycles. The summed E-state index contributed by atoms with van der Waals surface area (Å²) in [5.41, 5.74) is 2.37. The van der Waals surface area contributed by atoms with E-state index in [1.54, 1.807) is 12.1 Å². The van der Waals surface area contributed by atoms with Crippen molar-refractivity contribution in [2.75, 3.05) is 0 Å². The molecular weight excluding hydrogens is 341 g/mol. The molecule has 21 heavy (non-hydrogen) atoms. The smallest absolute Gasteiger partial charge is 0.270 e. The summed E-state index contributed by atoms with van der Waals surface area (Å²) in [4.78, 5) is 10.3. The van der Waals surface area contributed by atoms with Crippen LogP contribution >= 0.6 is 15.9 Å². The standard InChI is InChI=1S/C15H13BrFNO3/c1-10-2-3-13(17)6-12(10)9-21-15-5-4-14(18(19)20)7-11(15)8-16/h2-7H,8-9H2,1H3. The summed E-state index contributed by atoms with van der Waals surface area (Å²) >= 11 is 3.28. The maximum atomic E-state index is 13.2. The van der Waals surface area contributed by atoms with Crippen LogP contribution in [0.5, 0.6) is 5.75 Å². The average molecular weight is 354 g/mol. The van der Waals surface area contributed by atoms with Crippen LogP contribution in [0.2, 0.25) is 0 Å². The highest BCUT2D eigenvalue weighted by molar-refractivity contribution is 9.08. The third kappa shape index (κ3) is 3.78. The van der Waals surface area contributed by atoms with Crippen LogP contribution in [0.25, 0.3) is 0 Å². The molecule has 0 radical (unpaired) electrons. The predicted octanol–water partition coefficient (Wildman–Crippen LogP) is 4.52. The number of rotatable bonds is 5. The van der Waals surface area contributed by atoms with Crippen LogP contribution in [0.4, 0.5) is 10.1 Å². The highest BCUT2D eigenvalue weighted by Gasteiger charge is 2.11. The Labute approximate surface area is 129 Å². The van der Waals surface area contributed by atoms with Gasteiger partial charge in [-0.2, -0.15) is 0 Å². The fourth-order valence-corrected chi connectivity index (χ4v) is 2.31. The molecule has 6 heteroatoms. The van der Waals surface area contributed by atoms with Crippen molar-refractivity contribution in [3.8, 4) is 5.75 Å². The zero-order chi connectivity index (χ0) is 15.4. The molecule has 0 amide bonds. The number of halogens is 2. The zero-order valence-corrected chi connectivity index (χ0v) is 12.9. The number of nitro groups is 1. The summed E-state index contributed by atoms with van der Waals surface area (Å²) in [5.74, 6) is 0.227. The quantitative estimate of drug-likeness (QED) is 0.451. The number of aryl methyl sites for hydroxylation is 1. The number of ether oxygens (including phenoxy) is 1. The molecule has 2 aromatic carbocycles. The van der Waals surface area contributed by atoms with Crippen LogP contribution < -0.4 is 4.74 Å². The maximum absolute atomic E-state index is 13.2. The number of benzene rings is 2. The van der Waals surface area contributed by atoms with Crippen molar-refractivity contribution in [2.45, 2.75) is 18.9 Å². The molecule has 0 heterocycles. The molecule has 0 aromatic heterocycles. The van der Waals surface area contributed by atoms with Crippen molar-refractivity contribution in [3.05, 3.63) is 69.0 Å². The lowest BCUT2D eigenvalue weighted by Crippen LogP contribution is -2.01. The summed E-state index contributed by atoms with van der Waals surface area (Å²) < 4.78 is 18.9. The van der Waals surface area contributed by atoms with E-state index < -0.39 is 4.92 Å². The minimum absolute atomic E-state index is 0.0127. The minimum atomic E-state index is -0.452. The second-order valence-electron chi connectivity index (χ2n) is 4.54. The molecule has 0 atom stereocenters. The fraction of sp³-hybridized carbons (Fsp3) is 0.200. The first-order chi connectivity index (χ1) is 10.0. The van der Waals surface area contributed by atoms with Gasteiger partial charge in [0.1, 0.15) is 18.2 Å². The molecular formula is C15H13BrFNO3. The SMILES string of the molecule is Cc1ccc(F)cc1COc1ccc([N+](=O)[O-])cc1CBr. The lowest BCUT2D eigenvalue weighted by molar-refractivity contribution is -0.384. The zero-order valence-electron chi connectivity index (χ0n) is 11.3. The normalized spacial score (nSPS) is 10.4. The van der Waals surface area contributed by atoms with Crippen LogP contribution in [0.3, 0.4) is 0 Å². The average Bonchev–Trinajstić information content (AvgIpc) is 2.47. The van der Waals surface area contributed by atoms with E-state index in [-0.39, 0.29) is 18.1 Å². The molecule has 2 rings (SSSR count). The molecule has 2 aromatic rings. The first-order valence-corrected chi connectivity index (χ1v) is 7.34. The van der Waals surface area contributed by atoms with Gasteiger partial charge in [-0.3, -0.25) is 10.1 Å². The van der Waals surface area contributed by atoms with E-state index in [1.165, 1.54) is 24.3 Å². The van der Waals surface area contributed by atoms with Gasteiger partial charge < -0.3 is 4.74 Å². The van der Waals surface area contributed by atoms with Gasteiger partial charge in [0, 0.05) is 23.0 Å². The van der Waals surface area contributed by atoms with Gasteiger partial charge >= 0.3 is 0 Å². The number of alkyl halides is 1. The largest absolute Gasteiger partial charge is 0.489 e. The van der Waals surface area contributed by atoms with Gasteiger partial charge in [-0.1, -0.05) is 22.0 Å². The highest BCUT2D eigenvalue weighted by Crippen LogP contribution is 2.27. The maximum Gasteiger partial charge on any atom is 0.270 e. The van der Waals surface area contributed by atoms with Gasteiger partial charge in [0.2, 0.25) is 0 Å². The fourth-order valence-electron chi connectivity index (χ4n) is 1.88. The molecule has 0 aliphatic rings. The van der Waals surface area contributed by atoms with E-state index in [9.17, 15) is 14.5 Å². The first-order valence-electron chi connectivity index (χ1n) is 6.22. The second kappa shape index (κ2) is 6.67. The van der Waals surface area contributed by atoms with Crippen molar-refractivity contribution < 1.29 is 14.1 Å². The Bertz CT molecular complexity index is 676. The molecule has 0 spiro atoms. The number of hydrogen-bond donors (Lipinski definition) is 0. The van der Waals surface area contributed by atoms with E-state index in [1.807, 2.05) is 6.92 Å².